The van der Waals surface area contributed by atoms with Crippen LogP contribution in [-0.4, -0.2) is 14.7 Å². The summed E-state index contributed by atoms with van der Waals surface area (Å²) < 4.78 is 6.75. The predicted octanol–water partition coefficient (Wildman–Crippen LogP) is 1.50. The van der Waals surface area contributed by atoms with Gasteiger partial charge in [-0.2, -0.15) is 0 Å². The maximum Gasteiger partial charge on any atom is 0.203 e. The van der Waals surface area contributed by atoms with E-state index in [9.17, 15) is 0 Å². The number of anilines is 1. The van der Waals surface area contributed by atoms with Crippen LogP contribution in [0, 0.1) is 0 Å². The lowest BCUT2D eigenvalue weighted by Crippen LogP contribution is -2.06. The molecule has 0 atom stereocenters. The second-order valence-electron chi connectivity index (χ2n) is 2.88. The van der Waals surface area contributed by atoms with Crippen LogP contribution in [0.5, 0.6) is 0 Å². The van der Waals surface area contributed by atoms with E-state index in [2.05, 4.69) is 22.4 Å². The summed E-state index contributed by atoms with van der Waals surface area (Å²) in [6.07, 6.45) is 5.27. The first-order chi connectivity index (χ1) is 6.90. The van der Waals surface area contributed by atoms with Crippen molar-refractivity contribution in [2.24, 2.45) is 0 Å². The molecule has 0 aromatic carbocycles. The highest BCUT2D eigenvalue weighted by atomic mass is 16.5. The molecule has 0 bridgehead atoms. The number of imidazole rings is 1. The van der Waals surface area contributed by atoms with E-state index < -0.39 is 0 Å². The molecule has 0 aliphatic rings. The molecule has 0 saturated heterocycles. The van der Waals surface area contributed by atoms with Crippen LogP contribution in [0.3, 0.4) is 0 Å². The summed E-state index contributed by atoms with van der Waals surface area (Å²) in [5.74, 6) is 0.857. The molecule has 0 saturated carbocycles. The van der Waals surface area contributed by atoms with Gasteiger partial charge in [-0.05, 0) is 6.92 Å². The quantitative estimate of drug-likeness (QED) is 0.797. The molecule has 5 heteroatoms. The second kappa shape index (κ2) is 3.95. The minimum absolute atomic E-state index is 0.632. The fraction of sp³-hybridized carbons (Fsp3) is 0.333. The summed E-state index contributed by atoms with van der Waals surface area (Å²) in [6.45, 7) is 3.61. The zero-order valence-electron chi connectivity index (χ0n) is 7.97. The van der Waals surface area contributed by atoms with Crippen LogP contribution in [0.4, 0.5) is 5.95 Å². The number of nitrogens with one attached hydrogen (secondary N) is 1. The molecule has 1 N–H and O–H groups in total. The first kappa shape index (κ1) is 8.80. The van der Waals surface area contributed by atoms with Crippen molar-refractivity contribution in [1.29, 1.82) is 0 Å². The van der Waals surface area contributed by atoms with Crippen molar-refractivity contribution in [3.8, 4) is 0 Å². The minimum atomic E-state index is 0.632. The Morgan fingerprint density at radius 3 is 3.21 bits per heavy atom. The largest absolute Gasteiger partial charge is 0.364 e. The van der Waals surface area contributed by atoms with Gasteiger partial charge in [-0.15, -0.1) is 0 Å². The van der Waals surface area contributed by atoms with Gasteiger partial charge < -0.3 is 14.4 Å². The average molecular weight is 192 g/mol. The highest BCUT2D eigenvalue weighted by Gasteiger charge is 2.01. The Balaban J connectivity index is 1.98. The van der Waals surface area contributed by atoms with Crippen molar-refractivity contribution in [2.45, 2.75) is 20.0 Å². The van der Waals surface area contributed by atoms with Crippen molar-refractivity contribution in [3.05, 3.63) is 30.4 Å². The van der Waals surface area contributed by atoms with E-state index in [1.54, 1.807) is 12.5 Å². The van der Waals surface area contributed by atoms with E-state index in [4.69, 9.17) is 4.52 Å². The summed E-state index contributed by atoms with van der Waals surface area (Å²) in [7, 11) is 0. The van der Waals surface area contributed by atoms with Crippen molar-refractivity contribution >= 4 is 5.95 Å². The van der Waals surface area contributed by atoms with Crippen LogP contribution in [-0.2, 0) is 13.1 Å². The molecular formula is C9H12N4O. The molecule has 0 radical (unpaired) electrons. The summed E-state index contributed by atoms with van der Waals surface area (Å²) in [6, 6.07) is 1.83. The smallest absolute Gasteiger partial charge is 0.203 e. The lowest BCUT2D eigenvalue weighted by molar-refractivity contribution is 0.412. The molecule has 0 aliphatic carbocycles. The van der Waals surface area contributed by atoms with Gasteiger partial charge in [-0.25, -0.2) is 4.98 Å². The maximum atomic E-state index is 4.72. The van der Waals surface area contributed by atoms with E-state index in [0.717, 1.165) is 18.2 Å². The van der Waals surface area contributed by atoms with E-state index in [-0.39, 0.29) is 0 Å². The molecule has 2 rings (SSSR count). The molecule has 0 aliphatic heterocycles. The van der Waals surface area contributed by atoms with E-state index >= 15 is 0 Å². The van der Waals surface area contributed by atoms with Crippen LogP contribution < -0.4 is 5.32 Å². The predicted molar refractivity (Wildman–Crippen MR) is 51.7 cm³/mol. The Labute approximate surface area is 81.7 Å². The van der Waals surface area contributed by atoms with Crippen LogP contribution in [0.15, 0.2) is 29.2 Å². The number of aryl methyl sites for hydroxylation is 1. The highest BCUT2D eigenvalue weighted by Crippen LogP contribution is 2.05. The van der Waals surface area contributed by atoms with Gasteiger partial charge in [-0.3, -0.25) is 0 Å². The van der Waals surface area contributed by atoms with Crippen LogP contribution >= 0.6 is 0 Å². The lowest BCUT2D eigenvalue weighted by atomic mass is 10.4. The average Bonchev–Trinajstić information content (AvgIpc) is 2.85. The first-order valence-corrected chi connectivity index (χ1v) is 4.54. The van der Waals surface area contributed by atoms with Gasteiger partial charge in [-0.1, -0.05) is 5.16 Å². The molecule has 0 spiro atoms. The topological polar surface area (TPSA) is 55.9 Å². The van der Waals surface area contributed by atoms with Crippen LogP contribution in [0.1, 0.15) is 12.6 Å². The van der Waals surface area contributed by atoms with Gasteiger partial charge in [0.1, 0.15) is 12.0 Å². The zero-order chi connectivity index (χ0) is 9.80. The highest BCUT2D eigenvalue weighted by molar-refractivity contribution is 5.26. The minimum Gasteiger partial charge on any atom is -0.364 e. The van der Waals surface area contributed by atoms with Crippen molar-refractivity contribution in [3.63, 3.8) is 0 Å². The first-order valence-electron chi connectivity index (χ1n) is 4.54. The molecule has 2 aromatic heterocycles. The lowest BCUT2D eigenvalue weighted by Gasteiger charge is -2.05. The third-order valence-electron chi connectivity index (χ3n) is 1.98. The normalized spacial score (nSPS) is 10.4. The van der Waals surface area contributed by atoms with Crippen LogP contribution in [0.2, 0.25) is 0 Å². The number of hydrogen-bond donors (Lipinski definition) is 1. The van der Waals surface area contributed by atoms with Crippen molar-refractivity contribution in [1.82, 2.24) is 14.7 Å². The van der Waals surface area contributed by atoms with E-state index in [1.807, 2.05) is 16.8 Å². The molecule has 14 heavy (non-hydrogen) atoms. The Bertz CT molecular complexity index is 379. The number of rotatable bonds is 4. The van der Waals surface area contributed by atoms with Crippen molar-refractivity contribution in [2.75, 3.05) is 5.32 Å². The Morgan fingerprint density at radius 2 is 2.50 bits per heavy atom. The second-order valence-corrected chi connectivity index (χ2v) is 2.88. The van der Waals surface area contributed by atoms with Gasteiger partial charge >= 0.3 is 0 Å². The third-order valence-corrected chi connectivity index (χ3v) is 1.98. The monoisotopic (exact) mass is 192 g/mol. The third kappa shape index (κ3) is 1.76. The van der Waals surface area contributed by atoms with E-state index in [1.165, 1.54) is 0 Å². The van der Waals surface area contributed by atoms with Gasteiger partial charge in [0.15, 0.2) is 0 Å². The van der Waals surface area contributed by atoms with Gasteiger partial charge in [0, 0.05) is 25.0 Å². The molecule has 0 fully saturated rings. The molecule has 0 amide bonds. The molecule has 2 aromatic rings. The summed E-state index contributed by atoms with van der Waals surface area (Å²) >= 11 is 0. The molecule has 2 heterocycles. The summed E-state index contributed by atoms with van der Waals surface area (Å²) in [4.78, 5) is 4.18. The fourth-order valence-corrected chi connectivity index (χ4v) is 1.23. The fourth-order valence-electron chi connectivity index (χ4n) is 1.23. The summed E-state index contributed by atoms with van der Waals surface area (Å²) in [5, 5.41) is 6.97. The number of aromatic nitrogens is 3. The van der Waals surface area contributed by atoms with Crippen LogP contribution in [0.25, 0.3) is 0 Å². The number of nitrogens with zero attached hydrogens (tertiary/aromatic N) is 3. The van der Waals surface area contributed by atoms with Gasteiger partial charge in [0.05, 0.1) is 6.54 Å². The van der Waals surface area contributed by atoms with E-state index in [0.29, 0.717) is 6.54 Å². The molecule has 5 nitrogen and oxygen atoms in total. The Kier molecular flexibility index (Phi) is 2.48. The Morgan fingerprint density at radius 1 is 1.57 bits per heavy atom. The van der Waals surface area contributed by atoms with Crippen molar-refractivity contribution < 1.29 is 4.52 Å². The molecule has 0 unspecified atom stereocenters. The number of hydrogen-bond acceptors (Lipinski definition) is 4. The SMILES string of the molecule is CCn1ccnc1NCc1ccon1. The maximum absolute atomic E-state index is 4.72. The van der Waals surface area contributed by atoms with Gasteiger partial charge in [0.25, 0.3) is 0 Å². The Hall–Kier alpha value is -1.78. The zero-order valence-corrected chi connectivity index (χ0v) is 7.97. The van der Waals surface area contributed by atoms with Gasteiger partial charge in [0.2, 0.25) is 5.95 Å². The summed E-state index contributed by atoms with van der Waals surface area (Å²) in [5.41, 5.74) is 0.871. The standard InChI is InChI=1S/C9H12N4O/c1-2-13-5-4-10-9(13)11-7-8-3-6-14-12-8/h3-6H,2,7H2,1H3,(H,10,11). The molecular weight excluding hydrogens is 180 g/mol. The molecule has 74 valence electrons.